The first-order valence-electron chi connectivity index (χ1n) is 10.9. The number of alkyl halides is 2. The molecule has 3 heterocycles. The van der Waals surface area contributed by atoms with E-state index in [2.05, 4.69) is 14.5 Å². The largest absolute Gasteiger partial charge is 0.586 e. The Balaban J connectivity index is 1.40. The van der Waals surface area contributed by atoms with Crippen molar-refractivity contribution >= 4 is 5.78 Å². The molecule has 7 nitrogen and oxygen atoms in total. The number of fused-ring (bicyclic) bond motifs is 1. The molecular weight excluding hydrogens is 446 g/mol. The number of ether oxygens (including phenoxy) is 2. The monoisotopic (exact) mass is 468 g/mol. The zero-order chi connectivity index (χ0) is 24.1. The van der Waals surface area contributed by atoms with Crippen LogP contribution in [0, 0.1) is 6.92 Å². The molecule has 1 fully saturated rings. The first kappa shape index (κ1) is 22.2. The average molecular weight is 468 g/mol. The Morgan fingerprint density at radius 2 is 1.88 bits per heavy atom. The topological polar surface area (TPSA) is 90.7 Å². The molecule has 0 spiro atoms. The molecule has 5 rings (SSSR count). The van der Waals surface area contributed by atoms with Crippen LogP contribution in [0.4, 0.5) is 8.78 Å². The molecule has 1 N–H and O–H groups in total. The SMILES string of the molecule is Cc1ccc(CC(=O)C2(c3ccc4c(c3)OC(F)(F)O4)CC2)nc1-c1ccc(=O)n(CCO)c1. The first-order valence-corrected chi connectivity index (χ1v) is 10.9. The van der Waals surface area contributed by atoms with Crippen molar-refractivity contribution in [2.45, 2.75) is 44.4 Å². The second-order valence-corrected chi connectivity index (χ2v) is 8.65. The number of carbonyl (C=O) groups excluding carboxylic acids is 1. The number of aliphatic hydroxyl groups is 1. The Kier molecular flexibility index (Phi) is 5.24. The molecule has 0 atom stereocenters. The Bertz CT molecular complexity index is 1350. The highest BCUT2D eigenvalue weighted by Crippen LogP contribution is 2.52. The van der Waals surface area contributed by atoms with Gasteiger partial charge in [0, 0.05) is 36.5 Å². The van der Waals surface area contributed by atoms with Crippen LogP contribution in [0.5, 0.6) is 11.5 Å². The summed E-state index contributed by atoms with van der Waals surface area (Å²) in [7, 11) is 0. The van der Waals surface area contributed by atoms with Gasteiger partial charge in [-0.25, -0.2) is 0 Å². The minimum Gasteiger partial charge on any atom is -0.395 e. The van der Waals surface area contributed by atoms with Gasteiger partial charge in [-0.1, -0.05) is 12.1 Å². The lowest BCUT2D eigenvalue weighted by Crippen LogP contribution is -2.26. The van der Waals surface area contributed by atoms with Gasteiger partial charge in [0.15, 0.2) is 11.5 Å². The number of nitrogens with zero attached hydrogens (tertiary/aromatic N) is 2. The van der Waals surface area contributed by atoms with E-state index in [0.717, 1.165) is 5.56 Å². The van der Waals surface area contributed by atoms with E-state index in [1.807, 2.05) is 13.0 Å². The molecule has 0 bridgehead atoms. The Morgan fingerprint density at radius 1 is 1.12 bits per heavy atom. The summed E-state index contributed by atoms with van der Waals surface area (Å²) in [5, 5.41) is 9.19. The van der Waals surface area contributed by atoms with E-state index in [1.165, 1.54) is 22.8 Å². The number of hydrogen-bond donors (Lipinski definition) is 1. The molecular formula is C25H22F2N2O5. The summed E-state index contributed by atoms with van der Waals surface area (Å²) in [6, 6.07) is 11.2. The highest BCUT2D eigenvalue weighted by atomic mass is 19.3. The van der Waals surface area contributed by atoms with E-state index in [9.17, 15) is 23.5 Å². The van der Waals surface area contributed by atoms with Crippen molar-refractivity contribution in [3.8, 4) is 22.8 Å². The number of rotatable bonds is 7. The Morgan fingerprint density at radius 3 is 2.62 bits per heavy atom. The van der Waals surface area contributed by atoms with Gasteiger partial charge in [-0.05, 0) is 55.2 Å². The van der Waals surface area contributed by atoms with Gasteiger partial charge >= 0.3 is 6.29 Å². The molecule has 9 heteroatoms. The van der Waals surface area contributed by atoms with E-state index in [4.69, 9.17) is 0 Å². The fourth-order valence-corrected chi connectivity index (χ4v) is 4.35. The zero-order valence-corrected chi connectivity index (χ0v) is 18.4. The standard InChI is InChI=1S/C25H22F2N2O5/c1-15-2-5-18(28-23(15)16-3-7-22(32)29(14-16)10-11-30)13-21(31)24(8-9-24)17-4-6-19-20(12-17)34-25(26,27)33-19/h2-7,12,14,30H,8-11,13H2,1H3. The lowest BCUT2D eigenvalue weighted by atomic mass is 9.88. The van der Waals surface area contributed by atoms with Crippen LogP contribution in [0.3, 0.4) is 0 Å². The number of hydrogen-bond acceptors (Lipinski definition) is 6. The summed E-state index contributed by atoms with van der Waals surface area (Å²) in [6.07, 6.45) is -0.749. The van der Waals surface area contributed by atoms with Crippen LogP contribution in [0.2, 0.25) is 0 Å². The van der Waals surface area contributed by atoms with Gasteiger partial charge in [0.05, 0.1) is 17.7 Å². The average Bonchev–Trinajstić information content (AvgIpc) is 3.54. The molecule has 2 aromatic heterocycles. The van der Waals surface area contributed by atoms with Crippen LogP contribution >= 0.6 is 0 Å². The number of aliphatic hydroxyl groups excluding tert-OH is 1. The highest BCUT2D eigenvalue weighted by molar-refractivity contribution is 5.94. The van der Waals surface area contributed by atoms with Crippen molar-refractivity contribution in [2.24, 2.45) is 0 Å². The molecule has 1 aliphatic heterocycles. The lowest BCUT2D eigenvalue weighted by molar-refractivity contribution is -0.286. The second-order valence-electron chi connectivity index (χ2n) is 8.65. The number of aromatic nitrogens is 2. The first-order chi connectivity index (χ1) is 16.2. The van der Waals surface area contributed by atoms with E-state index in [-0.39, 0.29) is 42.4 Å². The second kappa shape index (κ2) is 8.02. The van der Waals surface area contributed by atoms with Crippen molar-refractivity contribution in [2.75, 3.05) is 6.61 Å². The van der Waals surface area contributed by atoms with E-state index < -0.39 is 11.7 Å². The fraction of sp³-hybridized carbons (Fsp3) is 0.320. The molecule has 0 unspecified atom stereocenters. The van der Waals surface area contributed by atoms with Crippen LogP contribution in [0.25, 0.3) is 11.3 Å². The van der Waals surface area contributed by atoms with Gasteiger partial charge in [0.2, 0.25) is 0 Å². The van der Waals surface area contributed by atoms with Crippen LogP contribution in [0.15, 0.2) is 53.5 Å². The number of Topliss-reactive ketones (excluding diaryl/α,β-unsaturated/α-hetero) is 1. The summed E-state index contributed by atoms with van der Waals surface area (Å²) in [5.74, 6) is -0.176. The van der Waals surface area contributed by atoms with Crippen LogP contribution in [0.1, 0.15) is 29.7 Å². The highest BCUT2D eigenvalue weighted by Gasteiger charge is 2.52. The number of benzene rings is 1. The van der Waals surface area contributed by atoms with Crippen LogP contribution in [-0.4, -0.2) is 33.3 Å². The Labute approximate surface area is 193 Å². The molecule has 0 saturated heterocycles. The fourth-order valence-electron chi connectivity index (χ4n) is 4.35. The predicted octanol–water partition coefficient (Wildman–Crippen LogP) is 3.38. The van der Waals surface area contributed by atoms with Gasteiger partial charge in [-0.2, -0.15) is 0 Å². The third-order valence-electron chi connectivity index (χ3n) is 6.33. The Hall–Kier alpha value is -3.59. The van der Waals surface area contributed by atoms with Crippen molar-refractivity contribution in [1.29, 1.82) is 0 Å². The van der Waals surface area contributed by atoms with Crippen LogP contribution in [-0.2, 0) is 23.2 Å². The minimum atomic E-state index is -3.70. The maximum absolute atomic E-state index is 13.4. The number of carbonyl (C=O) groups is 1. The lowest BCUT2D eigenvalue weighted by Gasteiger charge is -2.16. The van der Waals surface area contributed by atoms with Crippen molar-refractivity contribution in [1.82, 2.24) is 9.55 Å². The maximum Gasteiger partial charge on any atom is 0.586 e. The summed E-state index contributed by atoms with van der Waals surface area (Å²) >= 11 is 0. The van der Waals surface area contributed by atoms with Gasteiger partial charge in [-0.15, -0.1) is 8.78 Å². The quantitative estimate of drug-likeness (QED) is 0.572. The number of aryl methyl sites for hydroxylation is 1. The summed E-state index contributed by atoms with van der Waals surface area (Å²) < 4.78 is 37.2. The summed E-state index contributed by atoms with van der Waals surface area (Å²) in [6.45, 7) is 1.90. The van der Waals surface area contributed by atoms with Crippen molar-refractivity contribution in [3.05, 3.63) is 75.8 Å². The minimum absolute atomic E-state index is 0.0503. The number of halogens is 2. The third kappa shape index (κ3) is 3.96. The number of ketones is 1. The molecule has 0 radical (unpaired) electrons. The van der Waals surface area contributed by atoms with Gasteiger partial charge in [-0.3, -0.25) is 14.6 Å². The van der Waals surface area contributed by atoms with Gasteiger partial charge in [0.1, 0.15) is 5.78 Å². The molecule has 176 valence electrons. The third-order valence-corrected chi connectivity index (χ3v) is 6.33. The molecule has 1 saturated carbocycles. The maximum atomic E-state index is 13.4. The molecule has 34 heavy (non-hydrogen) atoms. The molecule has 1 aromatic carbocycles. The van der Waals surface area contributed by atoms with E-state index in [1.54, 1.807) is 24.4 Å². The zero-order valence-electron chi connectivity index (χ0n) is 18.4. The molecule has 0 amide bonds. The molecule has 2 aliphatic rings. The normalized spacial score (nSPS) is 16.9. The predicted molar refractivity (Wildman–Crippen MR) is 118 cm³/mol. The summed E-state index contributed by atoms with van der Waals surface area (Å²) in [4.78, 5) is 30.0. The van der Waals surface area contributed by atoms with Crippen molar-refractivity contribution < 1.29 is 28.2 Å². The van der Waals surface area contributed by atoms with Crippen LogP contribution < -0.4 is 15.0 Å². The summed E-state index contributed by atoms with van der Waals surface area (Å²) in [5.41, 5.74) is 2.45. The van der Waals surface area contributed by atoms with Gasteiger partial charge in [0.25, 0.3) is 5.56 Å². The van der Waals surface area contributed by atoms with E-state index >= 15 is 0 Å². The smallest absolute Gasteiger partial charge is 0.395 e. The van der Waals surface area contributed by atoms with Gasteiger partial charge < -0.3 is 19.1 Å². The van der Waals surface area contributed by atoms with Crippen molar-refractivity contribution in [3.63, 3.8) is 0 Å². The number of pyridine rings is 2. The van der Waals surface area contributed by atoms with E-state index in [0.29, 0.717) is 35.4 Å². The molecule has 3 aromatic rings. The molecule has 1 aliphatic carbocycles.